The van der Waals surface area contributed by atoms with Crippen molar-refractivity contribution in [3.63, 3.8) is 0 Å². The minimum Gasteiger partial charge on any atom is -0.382 e. The molecular weight excluding hydrogens is 246 g/mol. The van der Waals surface area contributed by atoms with E-state index in [-0.39, 0.29) is 5.91 Å². The number of H-pyrrole nitrogens is 1. The van der Waals surface area contributed by atoms with Crippen LogP contribution in [0.2, 0.25) is 0 Å². The topological polar surface area (TPSA) is 76.2 Å². The molecule has 0 spiro atoms. The molecule has 102 valence electrons. The van der Waals surface area contributed by atoms with Gasteiger partial charge in [-0.15, -0.1) is 0 Å². The molecule has 6 nitrogen and oxygen atoms in total. The van der Waals surface area contributed by atoms with Crippen LogP contribution in [0, 0.1) is 0 Å². The zero-order valence-corrected chi connectivity index (χ0v) is 10.8. The number of amides is 1. The van der Waals surface area contributed by atoms with E-state index in [0.29, 0.717) is 31.9 Å². The molecule has 1 heterocycles. The van der Waals surface area contributed by atoms with Crippen molar-refractivity contribution in [3.8, 4) is 0 Å². The number of nitrogens with zero attached hydrogens (tertiary/aromatic N) is 1. The molecule has 0 radical (unpaired) electrons. The van der Waals surface area contributed by atoms with Crippen LogP contribution in [0.3, 0.4) is 0 Å². The molecule has 0 unspecified atom stereocenters. The first-order valence-electron chi connectivity index (χ1n) is 6.09. The molecule has 1 aromatic heterocycles. The first kappa shape index (κ1) is 13.5. The Hall–Kier alpha value is -1.92. The smallest absolute Gasteiger partial charge is 0.251 e. The van der Waals surface area contributed by atoms with Crippen LogP contribution in [0.1, 0.15) is 10.4 Å². The van der Waals surface area contributed by atoms with Crippen LogP contribution in [0.5, 0.6) is 0 Å². The van der Waals surface area contributed by atoms with E-state index in [1.54, 1.807) is 25.6 Å². The Kier molecular flexibility index (Phi) is 4.88. The van der Waals surface area contributed by atoms with Gasteiger partial charge in [0.05, 0.1) is 37.2 Å². The number of methoxy groups -OCH3 is 1. The minimum atomic E-state index is -0.119. The van der Waals surface area contributed by atoms with Crippen LogP contribution in [-0.2, 0) is 9.47 Å². The lowest BCUT2D eigenvalue weighted by Gasteiger charge is -2.06. The van der Waals surface area contributed by atoms with Gasteiger partial charge < -0.3 is 19.8 Å². The maximum Gasteiger partial charge on any atom is 0.251 e. The van der Waals surface area contributed by atoms with Crippen molar-refractivity contribution in [2.75, 3.05) is 33.5 Å². The van der Waals surface area contributed by atoms with E-state index in [1.807, 2.05) is 6.07 Å². The van der Waals surface area contributed by atoms with Crippen LogP contribution < -0.4 is 5.32 Å². The number of hydrogen-bond acceptors (Lipinski definition) is 4. The molecular formula is C13H17N3O3. The van der Waals surface area contributed by atoms with Gasteiger partial charge in [0.25, 0.3) is 5.91 Å². The standard InChI is InChI=1S/C13H17N3O3/c1-18-6-7-19-5-4-14-13(17)10-2-3-11-12(8-10)16-9-15-11/h2-3,8-9H,4-7H2,1H3,(H,14,17)(H,15,16). The molecule has 1 aromatic carbocycles. The van der Waals surface area contributed by atoms with E-state index in [1.165, 1.54) is 0 Å². The summed E-state index contributed by atoms with van der Waals surface area (Å²) in [6.07, 6.45) is 1.61. The van der Waals surface area contributed by atoms with E-state index < -0.39 is 0 Å². The van der Waals surface area contributed by atoms with Crippen LogP contribution in [0.4, 0.5) is 0 Å². The summed E-state index contributed by atoms with van der Waals surface area (Å²) in [5, 5.41) is 2.79. The monoisotopic (exact) mass is 263 g/mol. The van der Waals surface area contributed by atoms with Crippen molar-refractivity contribution < 1.29 is 14.3 Å². The highest BCUT2D eigenvalue weighted by Crippen LogP contribution is 2.11. The van der Waals surface area contributed by atoms with Crippen molar-refractivity contribution in [1.82, 2.24) is 15.3 Å². The summed E-state index contributed by atoms with van der Waals surface area (Å²) in [5.41, 5.74) is 2.30. The number of fused-ring (bicyclic) bond motifs is 1. The Morgan fingerprint density at radius 1 is 1.37 bits per heavy atom. The highest BCUT2D eigenvalue weighted by atomic mass is 16.5. The third-order valence-corrected chi connectivity index (χ3v) is 2.65. The van der Waals surface area contributed by atoms with Crippen LogP contribution in [0.15, 0.2) is 24.5 Å². The molecule has 2 N–H and O–H groups in total. The maximum absolute atomic E-state index is 11.9. The van der Waals surface area contributed by atoms with E-state index in [4.69, 9.17) is 9.47 Å². The Labute approximate surface area is 111 Å². The molecule has 6 heteroatoms. The SMILES string of the molecule is COCCOCCNC(=O)c1ccc2nc[nH]c2c1. The summed E-state index contributed by atoms with van der Waals surface area (Å²) < 4.78 is 10.1. The minimum absolute atomic E-state index is 0.119. The third kappa shape index (κ3) is 3.77. The van der Waals surface area contributed by atoms with Crippen molar-refractivity contribution in [3.05, 3.63) is 30.1 Å². The number of rotatable bonds is 7. The van der Waals surface area contributed by atoms with Crippen LogP contribution in [0.25, 0.3) is 11.0 Å². The maximum atomic E-state index is 11.9. The average molecular weight is 263 g/mol. The summed E-state index contributed by atoms with van der Waals surface area (Å²) in [7, 11) is 1.62. The van der Waals surface area contributed by atoms with Crippen LogP contribution >= 0.6 is 0 Å². The van der Waals surface area contributed by atoms with Crippen LogP contribution in [-0.4, -0.2) is 49.4 Å². The second-order valence-electron chi connectivity index (χ2n) is 4.00. The third-order valence-electron chi connectivity index (χ3n) is 2.65. The van der Waals surface area contributed by atoms with E-state index in [0.717, 1.165) is 11.0 Å². The highest BCUT2D eigenvalue weighted by molar-refractivity contribution is 5.97. The predicted octanol–water partition coefficient (Wildman–Crippen LogP) is 0.956. The lowest BCUT2D eigenvalue weighted by atomic mass is 10.2. The second kappa shape index (κ2) is 6.86. The van der Waals surface area contributed by atoms with Gasteiger partial charge in [-0.1, -0.05) is 0 Å². The summed E-state index contributed by atoms with van der Waals surface area (Å²) in [5.74, 6) is -0.119. The lowest BCUT2D eigenvalue weighted by Crippen LogP contribution is -2.27. The summed E-state index contributed by atoms with van der Waals surface area (Å²) in [6.45, 7) is 2.04. The fraction of sp³-hybridized carbons (Fsp3) is 0.385. The number of imidazole rings is 1. The molecule has 0 atom stereocenters. The fourth-order valence-corrected chi connectivity index (χ4v) is 1.66. The molecule has 0 bridgehead atoms. The number of carbonyl (C=O) groups excluding carboxylic acids is 1. The predicted molar refractivity (Wildman–Crippen MR) is 71.1 cm³/mol. The highest BCUT2D eigenvalue weighted by Gasteiger charge is 2.06. The van der Waals surface area contributed by atoms with Crippen molar-refractivity contribution >= 4 is 16.9 Å². The zero-order valence-electron chi connectivity index (χ0n) is 10.8. The molecule has 19 heavy (non-hydrogen) atoms. The largest absolute Gasteiger partial charge is 0.382 e. The first-order chi connectivity index (χ1) is 9.31. The van der Waals surface area contributed by atoms with Crippen molar-refractivity contribution in [2.45, 2.75) is 0 Å². The molecule has 0 aliphatic heterocycles. The number of carbonyl (C=O) groups is 1. The molecule has 0 aliphatic rings. The van der Waals surface area contributed by atoms with Crippen molar-refractivity contribution in [1.29, 1.82) is 0 Å². The lowest BCUT2D eigenvalue weighted by molar-refractivity contribution is 0.0693. The molecule has 1 amide bonds. The van der Waals surface area contributed by atoms with Gasteiger partial charge in [-0.05, 0) is 18.2 Å². The number of ether oxygens (including phenoxy) is 2. The van der Waals surface area contributed by atoms with Gasteiger partial charge in [-0.3, -0.25) is 4.79 Å². The van der Waals surface area contributed by atoms with Gasteiger partial charge in [-0.25, -0.2) is 4.98 Å². The molecule has 0 fully saturated rings. The number of aromatic amines is 1. The van der Waals surface area contributed by atoms with Gasteiger partial charge >= 0.3 is 0 Å². The van der Waals surface area contributed by atoms with Gasteiger partial charge in [0.1, 0.15) is 0 Å². The summed E-state index contributed by atoms with van der Waals surface area (Å²) in [4.78, 5) is 19.0. The second-order valence-corrected chi connectivity index (χ2v) is 4.00. The molecule has 2 aromatic rings. The Balaban J connectivity index is 1.79. The summed E-state index contributed by atoms with van der Waals surface area (Å²) >= 11 is 0. The van der Waals surface area contributed by atoms with E-state index >= 15 is 0 Å². The summed E-state index contributed by atoms with van der Waals surface area (Å²) in [6, 6.07) is 5.35. The van der Waals surface area contributed by atoms with Gasteiger partial charge in [0.15, 0.2) is 0 Å². The van der Waals surface area contributed by atoms with Gasteiger partial charge in [-0.2, -0.15) is 0 Å². The fourth-order valence-electron chi connectivity index (χ4n) is 1.66. The Bertz CT molecular complexity index is 539. The molecule has 0 aliphatic carbocycles. The number of nitrogens with one attached hydrogen (secondary N) is 2. The van der Waals surface area contributed by atoms with Gasteiger partial charge in [0, 0.05) is 19.2 Å². The van der Waals surface area contributed by atoms with Crippen molar-refractivity contribution in [2.24, 2.45) is 0 Å². The van der Waals surface area contributed by atoms with Gasteiger partial charge in [0.2, 0.25) is 0 Å². The Morgan fingerprint density at radius 2 is 2.26 bits per heavy atom. The molecule has 2 rings (SSSR count). The first-order valence-corrected chi connectivity index (χ1v) is 6.09. The van der Waals surface area contributed by atoms with E-state index in [9.17, 15) is 4.79 Å². The normalized spacial score (nSPS) is 10.8. The Morgan fingerprint density at radius 3 is 3.11 bits per heavy atom. The quantitative estimate of drug-likeness (QED) is 0.729. The number of aromatic nitrogens is 2. The average Bonchev–Trinajstić information content (AvgIpc) is 2.89. The molecule has 0 saturated heterocycles. The molecule has 0 saturated carbocycles. The van der Waals surface area contributed by atoms with E-state index in [2.05, 4.69) is 15.3 Å². The number of benzene rings is 1. The number of hydrogen-bond donors (Lipinski definition) is 2. The zero-order chi connectivity index (χ0) is 13.5.